The van der Waals surface area contributed by atoms with Gasteiger partial charge in [0.15, 0.2) is 0 Å². The topological polar surface area (TPSA) is 105 Å². The molecule has 10 heteroatoms. The number of para-hydroxylation sites is 1. The number of hydrogen-bond acceptors (Lipinski definition) is 6. The van der Waals surface area contributed by atoms with E-state index in [4.69, 9.17) is 9.47 Å². The maximum atomic E-state index is 13.7. The van der Waals surface area contributed by atoms with Crippen molar-refractivity contribution >= 4 is 21.6 Å². The van der Waals surface area contributed by atoms with E-state index in [1.54, 1.807) is 12.1 Å². The average molecular weight is 479 g/mol. The highest BCUT2D eigenvalue weighted by Gasteiger charge is 2.43. The van der Waals surface area contributed by atoms with Gasteiger partial charge in [0, 0.05) is 12.2 Å². The monoisotopic (exact) mass is 478 g/mol. The summed E-state index contributed by atoms with van der Waals surface area (Å²) in [5.41, 5.74) is 0.687. The van der Waals surface area contributed by atoms with Gasteiger partial charge in [0.1, 0.15) is 5.82 Å². The van der Waals surface area contributed by atoms with Crippen LogP contribution in [0.4, 0.5) is 10.1 Å². The first kappa shape index (κ1) is 23.8. The second kappa shape index (κ2) is 10.3. The molecule has 33 heavy (non-hydrogen) atoms. The van der Waals surface area contributed by atoms with Crippen molar-refractivity contribution in [2.24, 2.45) is 0 Å². The summed E-state index contributed by atoms with van der Waals surface area (Å²) >= 11 is 0. The minimum absolute atomic E-state index is 0.0547. The number of carbonyl (C=O) groups is 1. The number of sulfonamides is 1. The fourth-order valence-corrected chi connectivity index (χ4v) is 6.02. The van der Waals surface area contributed by atoms with E-state index in [-0.39, 0.29) is 37.0 Å². The Bertz CT molecular complexity index is 1070. The van der Waals surface area contributed by atoms with Gasteiger partial charge in [-0.15, -0.1) is 0 Å². The Morgan fingerprint density at radius 2 is 1.91 bits per heavy atom. The predicted molar refractivity (Wildman–Crippen MR) is 118 cm³/mol. The molecule has 178 valence electrons. The van der Waals surface area contributed by atoms with E-state index in [0.717, 1.165) is 6.07 Å². The van der Waals surface area contributed by atoms with Crippen molar-refractivity contribution in [2.45, 2.75) is 48.5 Å². The number of nitrogens with one attached hydrogen (secondary N) is 1. The number of halogens is 1. The number of aliphatic hydroxyl groups is 1. The Balaban J connectivity index is 1.49. The Kier molecular flexibility index (Phi) is 7.40. The van der Waals surface area contributed by atoms with Crippen LogP contribution >= 0.6 is 0 Å². The largest absolute Gasteiger partial charge is 0.389 e. The van der Waals surface area contributed by atoms with Crippen molar-refractivity contribution in [1.29, 1.82) is 0 Å². The van der Waals surface area contributed by atoms with Crippen molar-refractivity contribution in [3.05, 3.63) is 60.4 Å². The lowest BCUT2D eigenvalue weighted by molar-refractivity contribution is -0.144. The summed E-state index contributed by atoms with van der Waals surface area (Å²) in [5.74, 6) is -0.857. The summed E-state index contributed by atoms with van der Waals surface area (Å²) in [6.07, 6.45) is -1.06. The van der Waals surface area contributed by atoms with Gasteiger partial charge in [-0.1, -0.05) is 24.3 Å². The molecule has 0 aliphatic carbocycles. The molecule has 0 saturated carbocycles. The van der Waals surface area contributed by atoms with Crippen LogP contribution in [-0.4, -0.2) is 67.8 Å². The third-order valence-corrected chi connectivity index (χ3v) is 7.69. The smallest absolute Gasteiger partial charge is 0.243 e. The van der Waals surface area contributed by atoms with Crippen LogP contribution in [0.15, 0.2) is 59.5 Å². The molecule has 4 atom stereocenters. The molecule has 1 amide bonds. The number of benzene rings is 2. The lowest BCUT2D eigenvalue weighted by Crippen LogP contribution is -2.57. The van der Waals surface area contributed by atoms with Gasteiger partial charge >= 0.3 is 0 Å². The van der Waals surface area contributed by atoms with Crippen LogP contribution in [0.1, 0.15) is 19.3 Å². The summed E-state index contributed by atoms with van der Waals surface area (Å²) in [7, 11) is -4.09. The number of amides is 1. The van der Waals surface area contributed by atoms with Gasteiger partial charge in [0.2, 0.25) is 15.9 Å². The predicted octanol–water partition coefficient (Wildman–Crippen LogP) is 2.15. The Morgan fingerprint density at radius 1 is 1.12 bits per heavy atom. The highest BCUT2D eigenvalue weighted by atomic mass is 32.2. The molecule has 2 saturated heterocycles. The molecule has 0 spiro atoms. The molecule has 8 nitrogen and oxygen atoms in total. The molecule has 0 unspecified atom stereocenters. The second-order valence-electron chi connectivity index (χ2n) is 8.28. The van der Waals surface area contributed by atoms with Crippen molar-refractivity contribution in [1.82, 2.24) is 4.31 Å². The molecule has 2 aliphatic heterocycles. The highest BCUT2D eigenvalue weighted by Crippen LogP contribution is 2.31. The molecule has 4 rings (SSSR count). The molecule has 0 aromatic heterocycles. The molecule has 2 N–H and O–H groups in total. The molecule has 2 aromatic carbocycles. The third-order valence-electron chi connectivity index (χ3n) is 5.81. The van der Waals surface area contributed by atoms with Gasteiger partial charge in [0.05, 0.1) is 48.9 Å². The van der Waals surface area contributed by atoms with E-state index in [2.05, 4.69) is 5.32 Å². The van der Waals surface area contributed by atoms with E-state index >= 15 is 0 Å². The van der Waals surface area contributed by atoms with Crippen LogP contribution in [0.5, 0.6) is 0 Å². The van der Waals surface area contributed by atoms with Gasteiger partial charge < -0.3 is 19.9 Å². The molecular formula is C23H27FN2O6S. The second-order valence-corrected chi connectivity index (χ2v) is 10.2. The molecule has 0 bridgehead atoms. The quantitative estimate of drug-likeness (QED) is 0.682. The number of anilines is 1. The Hall–Kier alpha value is -2.37. The number of hydrogen-bond donors (Lipinski definition) is 2. The molecule has 0 radical (unpaired) electrons. The number of carbonyl (C=O) groups excluding carboxylic acids is 1. The van der Waals surface area contributed by atoms with Crippen LogP contribution in [-0.2, 0) is 24.3 Å². The summed E-state index contributed by atoms with van der Waals surface area (Å²) in [6.45, 7) is -0.169. The number of β-amino-alcohol motifs (C(OH)–C–C–N with tert-alkyl or cyclic N) is 1. The number of ether oxygens (including phenoxy) is 2. The first-order chi connectivity index (χ1) is 15.8. The molecule has 2 aliphatic rings. The van der Waals surface area contributed by atoms with Gasteiger partial charge in [-0.25, -0.2) is 12.8 Å². The van der Waals surface area contributed by atoms with Crippen LogP contribution in [0.2, 0.25) is 0 Å². The molecule has 2 heterocycles. The first-order valence-corrected chi connectivity index (χ1v) is 12.3. The zero-order valence-corrected chi connectivity index (χ0v) is 18.8. The van der Waals surface area contributed by atoms with E-state index < -0.39 is 40.2 Å². The summed E-state index contributed by atoms with van der Waals surface area (Å²) < 4.78 is 53.3. The summed E-state index contributed by atoms with van der Waals surface area (Å²) in [6, 6.07) is 13.3. The Morgan fingerprint density at radius 3 is 2.67 bits per heavy atom. The Labute approximate surface area is 192 Å². The summed E-state index contributed by atoms with van der Waals surface area (Å²) in [4.78, 5) is 12.3. The number of rotatable bonds is 5. The van der Waals surface area contributed by atoms with Crippen molar-refractivity contribution in [3.63, 3.8) is 0 Å². The van der Waals surface area contributed by atoms with E-state index in [9.17, 15) is 22.7 Å². The number of fused-ring (bicyclic) bond motifs is 1. The normalized spacial score (nSPS) is 26.6. The van der Waals surface area contributed by atoms with Crippen LogP contribution in [0.3, 0.4) is 0 Å². The summed E-state index contributed by atoms with van der Waals surface area (Å²) in [5, 5.41) is 13.1. The van der Waals surface area contributed by atoms with Crippen molar-refractivity contribution in [3.8, 4) is 0 Å². The van der Waals surface area contributed by atoms with Gasteiger partial charge in [-0.3, -0.25) is 4.79 Å². The maximum Gasteiger partial charge on any atom is 0.243 e. The first-order valence-electron chi connectivity index (χ1n) is 10.9. The van der Waals surface area contributed by atoms with Crippen LogP contribution in [0, 0.1) is 5.82 Å². The van der Waals surface area contributed by atoms with E-state index in [1.807, 2.05) is 18.2 Å². The SMILES string of the molecule is O=C(C[C@@H]1CC[C@@H]2[C@H](COC[C@@H](O)CN2S(=O)(=O)c2cccc(F)c2)O1)Nc1ccccc1. The zero-order valence-electron chi connectivity index (χ0n) is 18.0. The minimum Gasteiger partial charge on any atom is -0.389 e. The minimum atomic E-state index is -4.09. The average Bonchev–Trinajstić information content (AvgIpc) is 2.77. The number of aliphatic hydroxyl groups excluding tert-OH is 1. The standard InChI is InChI=1S/C23H27FN2O6S/c24-16-5-4-8-20(11-16)33(29,30)26-13-18(27)14-31-15-22-21(26)10-9-19(32-22)12-23(28)25-17-6-2-1-3-7-17/h1-8,11,18-19,21-22,27H,9-10,12-15H2,(H,25,28)/t18-,19-,21+,22-/m0/s1. The fourth-order valence-electron chi connectivity index (χ4n) is 4.27. The van der Waals surface area contributed by atoms with Gasteiger partial charge in [0.25, 0.3) is 0 Å². The molecule has 2 fully saturated rings. The lowest BCUT2D eigenvalue weighted by Gasteiger charge is -2.43. The van der Waals surface area contributed by atoms with Gasteiger partial charge in [-0.2, -0.15) is 4.31 Å². The third kappa shape index (κ3) is 5.77. The molecular weight excluding hydrogens is 451 g/mol. The van der Waals surface area contributed by atoms with E-state index in [1.165, 1.54) is 22.5 Å². The van der Waals surface area contributed by atoms with Crippen molar-refractivity contribution < 1.29 is 32.2 Å². The number of nitrogens with zero attached hydrogens (tertiary/aromatic N) is 1. The van der Waals surface area contributed by atoms with E-state index in [0.29, 0.717) is 18.5 Å². The fraction of sp³-hybridized carbons (Fsp3) is 0.435. The maximum absolute atomic E-state index is 13.7. The highest BCUT2D eigenvalue weighted by molar-refractivity contribution is 7.89. The van der Waals surface area contributed by atoms with Crippen LogP contribution < -0.4 is 5.32 Å². The lowest BCUT2D eigenvalue weighted by atomic mass is 9.96. The van der Waals surface area contributed by atoms with Crippen LogP contribution in [0.25, 0.3) is 0 Å². The van der Waals surface area contributed by atoms with Crippen molar-refractivity contribution in [2.75, 3.05) is 25.1 Å². The molecule has 2 aromatic rings. The zero-order chi connectivity index (χ0) is 23.4. The van der Waals surface area contributed by atoms with Gasteiger partial charge in [-0.05, 0) is 43.2 Å².